The van der Waals surface area contributed by atoms with Crippen LogP contribution in [0.1, 0.15) is 45.4 Å². The van der Waals surface area contributed by atoms with Crippen molar-refractivity contribution < 1.29 is 5.11 Å². The number of hydrogen-bond acceptors (Lipinski definition) is 1. The van der Waals surface area contributed by atoms with Gasteiger partial charge in [-0.2, -0.15) is 0 Å². The average Bonchev–Trinajstić information content (AvgIpc) is 2.94. The van der Waals surface area contributed by atoms with Gasteiger partial charge in [0.25, 0.3) is 0 Å². The summed E-state index contributed by atoms with van der Waals surface area (Å²) >= 11 is 0. The molecule has 1 nitrogen and oxygen atoms in total. The summed E-state index contributed by atoms with van der Waals surface area (Å²) in [5.74, 6) is 7.90. The Morgan fingerprint density at radius 3 is 2.83 bits per heavy atom. The fraction of sp³-hybridized carbons (Fsp3) is 0.565. The molecule has 0 heterocycles. The lowest BCUT2D eigenvalue weighted by atomic mass is 9.50. The molecule has 0 amide bonds. The molecule has 0 aliphatic heterocycles. The molecule has 0 unspecified atom stereocenters. The van der Waals surface area contributed by atoms with Crippen molar-refractivity contribution in [2.24, 2.45) is 29.1 Å². The summed E-state index contributed by atoms with van der Waals surface area (Å²) < 4.78 is 0. The Morgan fingerprint density at radius 1 is 1.29 bits per heavy atom. The van der Waals surface area contributed by atoms with Crippen LogP contribution < -0.4 is 0 Å². The van der Waals surface area contributed by atoms with Gasteiger partial charge in [0.2, 0.25) is 0 Å². The van der Waals surface area contributed by atoms with Crippen LogP contribution in [0.2, 0.25) is 0 Å². The number of allylic oxidation sites excluding steroid dienone is 5. The second-order valence-corrected chi connectivity index (χ2v) is 8.07. The predicted octanol–water partition coefficient (Wildman–Crippen LogP) is 4.26. The van der Waals surface area contributed by atoms with Gasteiger partial charge in [0.05, 0.1) is 0 Å². The Balaban J connectivity index is 1.70. The Hall–Kier alpha value is -1.70. The van der Waals surface area contributed by atoms with E-state index in [2.05, 4.69) is 37.0 Å². The molecule has 0 spiro atoms. The average molecular weight is 318 g/mol. The minimum Gasteiger partial charge on any atom is -0.373 e. The zero-order valence-corrected chi connectivity index (χ0v) is 14.5. The van der Waals surface area contributed by atoms with Crippen LogP contribution in [0.5, 0.6) is 0 Å². The highest BCUT2D eigenvalue weighted by atomic mass is 16.3. The molecule has 4 rings (SSSR count). The van der Waals surface area contributed by atoms with Gasteiger partial charge in [0.15, 0.2) is 0 Å². The van der Waals surface area contributed by atoms with Crippen molar-refractivity contribution >= 4 is 0 Å². The van der Waals surface area contributed by atoms with Gasteiger partial charge in [-0.3, -0.25) is 0 Å². The van der Waals surface area contributed by atoms with E-state index < -0.39 is 5.60 Å². The molecule has 6 atom stereocenters. The quantitative estimate of drug-likeness (QED) is 0.566. The van der Waals surface area contributed by atoms with E-state index in [9.17, 15) is 5.11 Å². The molecular formula is C23H26O. The maximum atomic E-state index is 11.1. The minimum atomic E-state index is -1.06. The summed E-state index contributed by atoms with van der Waals surface area (Å²) in [7, 11) is 0. The van der Waals surface area contributed by atoms with Crippen LogP contribution in [0.3, 0.4) is 0 Å². The maximum Gasteiger partial charge on any atom is 0.149 e. The molecule has 0 aromatic carbocycles. The Labute approximate surface area is 145 Å². The third-order valence-corrected chi connectivity index (χ3v) is 7.55. The van der Waals surface area contributed by atoms with E-state index in [1.54, 1.807) is 0 Å². The monoisotopic (exact) mass is 318 g/mol. The molecule has 1 heteroatoms. The number of rotatable bonds is 1. The van der Waals surface area contributed by atoms with Crippen LogP contribution in [-0.4, -0.2) is 10.7 Å². The normalized spacial score (nSPS) is 45.8. The highest BCUT2D eigenvalue weighted by molar-refractivity contribution is 5.41. The van der Waals surface area contributed by atoms with Crippen LogP contribution in [0.15, 0.2) is 35.5 Å². The molecule has 1 fully saturated rings. The number of fused-ring (bicyclic) bond motifs is 5. The van der Waals surface area contributed by atoms with Gasteiger partial charge in [-0.15, -0.1) is 12.8 Å². The zero-order chi connectivity index (χ0) is 16.9. The van der Waals surface area contributed by atoms with Crippen molar-refractivity contribution in [3.8, 4) is 24.7 Å². The number of terminal acetylenes is 2. The lowest BCUT2D eigenvalue weighted by molar-refractivity contribution is -0.0820. The van der Waals surface area contributed by atoms with Crippen LogP contribution in [0.4, 0.5) is 0 Å². The highest BCUT2D eigenvalue weighted by Crippen LogP contribution is 2.63. The third-order valence-electron chi connectivity index (χ3n) is 7.55. The van der Waals surface area contributed by atoms with E-state index in [0.717, 1.165) is 31.3 Å². The molecule has 24 heavy (non-hydrogen) atoms. The Bertz CT molecular complexity index is 724. The Morgan fingerprint density at radius 2 is 2.12 bits per heavy atom. The van der Waals surface area contributed by atoms with Crippen molar-refractivity contribution in [2.45, 2.75) is 51.0 Å². The molecule has 0 aromatic heterocycles. The Kier molecular flexibility index (Phi) is 3.56. The largest absolute Gasteiger partial charge is 0.373 e. The lowest BCUT2D eigenvalue weighted by Gasteiger charge is -2.55. The summed E-state index contributed by atoms with van der Waals surface area (Å²) in [6.45, 7) is 2.19. The van der Waals surface area contributed by atoms with Gasteiger partial charge in [-0.05, 0) is 79.9 Å². The summed E-state index contributed by atoms with van der Waals surface area (Å²) in [4.78, 5) is 0. The summed E-state index contributed by atoms with van der Waals surface area (Å²) in [6.07, 6.45) is 26.6. The smallest absolute Gasteiger partial charge is 0.149 e. The first-order valence-corrected chi connectivity index (χ1v) is 9.35. The molecule has 4 aliphatic rings. The van der Waals surface area contributed by atoms with Crippen molar-refractivity contribution in [2.75, 3.05) is 0 Å². The SMILES string of the molecule is C#CC1=CC2=CC[C@@H]3[C@H](CC[C@@]4(CC)[C@H]3C=C[C@@]4(O)C#C)[C@H]2CC1. The van der Waals surface area contributed by atoms with Crippen LogP contribution in [0.25, 0.3) is 0 Å². The van der Waals surface area contributed by atoms with Crippen LogP contribution in [-0.2, 0) is 0 Å². The second kappa shape index (κ2) is 5.40. The molecule has 1 N–H and O–H groups in total. The second-order valence-electron chi connectivity index (χ2n) is 8.07. The molecule has 1 saturated carbocycles. The topological polar surface area (TPSA) is 20.2 Å². The standard InChI is InChI=1S/C23H26O/c1-4-16-7-9-18-17(15-16)8-10-20-19(18)11-13-22(5-2)21(20)12-14-23(22,24)6-3/h1,3,8,12,14-15,18-21,24H,5,7,9-11,13H2,2H3/t18-,19+,20+,21-,22-,23-/m0/s1. The van der Waals surface area contributed by atoms with Crippen LogP contribution >= 0.6 is 0 Å². The maximum absolute atomic E-state index is 11.1. The van der Waals surface area contributed by atoms with Crippen molar-refractivity contribution in [3.63, 3.8) is 0 Å². The van der Waals surface area contributed by atoms with Gasteiger partial charge < -0.3 is 5.11 Å². The van der Waals surface area contributed by atoms with Gasteiger partial charge in [-0.25, -0.2) is 0 Å². The van der Waals surface area contributed by atoms with E-state index in [1.165, 1.54) is 18.4 Å². The molecular weight excluding hydrogens is 292 g/mol. The first kappa shape index (κ1) is 15.8. The van der Waals surface area contributed by atoms with E-state index in [0.29, 0.717) is 23.7 Å². The van der Waals surface area contributed by atoms with E-state index in [-0.39, 0.29) is 5.41 Å². The molecule has 124 valence electrons. The number of hydrogen-bond donors (Lipinski definition) is 1. The van der Waals surface area contributed by atoms with E-state index in [1.807, 2.05) is 6.08 Å². The molecule has 0 saturated heterocycles. The van der Waals surface area contributed by atoms with Gasteiger partial charge in [-0.1, -0.05) is 30.9 Å². The first-order valence-electron chi connectivity index (χ1n) is 9.35. The van der Waals surface area contributed by atoms with Crippen molar-refractivity contribution in [1.29, 1.82) is 0 Å². The lowest BCUT2D eigenvalue weighted by Crippen LogP contribution is -2.53. The third kappa shape index (κ3) is 1.89. The summed E-state index contributed by atoms with van der Waals surface area (Å²) in [5, 5.41) is 11.1. The molecule has 0 bridgehead atoms. The van der Waals surface area contributed by atoms with Gasteiger partial charge in [0.1, 0.15) is 5.60 Å². The predicted molar refractivity (Wildman–Crippen MR) is 97.7 cm³/mol. The fourth-order valence-corrected chi connectivity index (χ4v) is 6.27. The first-order chi connectivity index (χ1) is 11.6. The minimum absolute atomic E-state index is 0.164. The fourth-order valence-electron chi connectivity index (χ4n) is 6.27. The summed E-state index contributed by atoms with van der Waals surface area (Å²) in [5.41, 5.74) is 1.39. The zero-order valence-electron chi connectivity index (χ0n) is 14.5. The van der Waals surface area contributed by atoms with Gasteiger partial charge >= 0.3 is 0 Å². The van der Waals surface area contributed by atoms with Crippen molar-refractivity contribution in [1.82, 2.24) is 0 Å². The molecule has 0 radical (unpaired) electrons. The highest BCUT2D eigenvalue weighted by Gasteiger charge is 2.60. The van der Waals surface area contributed by atoms with Crippen LogP contribution in [0, 0.1) is 53.8 Å². The molecule has 4 aliphatic carbocycles. The number of aliphatic hydroxyl groups is 1. The van der Waals surface area contributed by atoms with Gasteiger partial charge in [0, 0.05) is 11.0 Å². The molecule has 0 aromatic rings. The van der Waals surface area contributed by atoms with Crippen molar-refractivity contribution in [3.05, 3.63) is 35.5 Å². The summed E-state index contributed by atoms with van der Waals surface area (Å²) in [6, 6.07) is 0. The van der Waals surface area contributed by atoms with E-state index >= 15 is 0 Å². The van der Waals surface area contributed by atoms with E-state index in [4.69, 9.17) is 12.8 Å².